The number of aromatic nitrogens is 2. The molecule has 2 N–H and O–H groups in total. The number of rotatable bonds is 6. The van der Waals surface area contributed by atoms with Gasteiger partial charge in [0.2, 0.25) is 0 Å². The van der Waals surface area contributed by atoms with Crippen LogP contribution in [0.15, 0.2) is 60.7 Å². The number of benzene rings is 2. The Labute approximate surface area is 156 Å². The third-order valence-corrected chi connectivity index (χ3v) is 3.68. The van der Waals surface area contributed by atoms with E-state index in [0.717, 1.165) is 11.4 Å². The van der Waals surface area contributed by atoms with Crippen LogP contribution in [0.4, 0.5) is 17.3 Å². The maximum absolute atomic E-state index is 12.2. The Morgan fingerprint density at radius 3 is 2.54 bits per heavy atom. The maximum atomic E-state index is 12.2. The van der Waals surface area contributed by atoms with Crippen LogP contribution in [-0.4, -0.2) is 22.7 Å². The molecular weight excluding hydrogens is 352 g/mol. The number of hydrogen-bond acceptors (Lipinski definition) is 5. The van der Waals surface area contributed by atoms with Crippen LogP contribution >= 0.6 is 11.6 Å². The van der Waals surface area contributed by atoms with Gasteiger partial charge in [0.15, 0.2) is 11.6 Å². The summed E-state index contributed by atoms with van der Waals surface area (Å²) < 4.78 is 5.57. The number of anilines is 3. The Kier molecular flexibility index (Phi) is 5.66. The SMILES string of the molecule is CCOc1ccccc1Nc1ccc(NC(=O)c2cccc(Cl)c2)nn1. The number of nitrogens with zero attached hydrogens (tertiary/aromatic N) is 2. The number of hydrogen-bond donors (Lipinski definition) is 2. The lowest BCUT2D eigenvalue weighted by Crippen LogP contribution is -2.13. The molecule has 0 bridgehead atoms. The minimum Gasteiger partial charge on any atom is -0.492 e. The molecule has 1 aromatic heterocycles. The Bertz CT molecular complexity index is 900. The van der Waals surface area contributed by atoms with Crippen molar-refractivity contribution in [3.63, 3.8) is 0 Å². The van der Waals surface area contributed by atoms with Gasteiger partial charge in [0.1, 0.15) is 5.75 Å². The quantitative estimate of drug-likeness (QED) is 0.668. The van der Waals surface area contributed by atoms with E-state index in [4.69, 9.17) is 16.3 Å². The van der Waals surface area contributed by atoms with Crippen molar-refractivity contribution in [2.24, 2.45) is 0 Å². The first-order valence-corrected chi connectivity index (χ1v) is 8.43. The average molecular weight is 369 g/mol. The van der Waals surface area contributed by atoms with Gasteiger partial charge in [0.05, 0.1) is 12.3 Å². The second-order valence-corrected chi connectivity index (χ2v) is 5.76. The second-order valence-electron chi connectivity index (χ2n) is 5.32. The van der Waals surface area contributed by atoms with Crippen LogP contribution in [0.5, 0.6) is 5.75 Å². The molecule has 7 heteroatoms. The number of carbonyl (C=O) groups excluding carboxylic acids is 1. The molecule has 26 heavy (non-hydrogen) atoms. The number of para-hydroxylation sites is 2. The normalized spacial score (nSPS) is 10.2. The number of ether oxygens (including phenoxy) is 1. The summed E-state index contributed by atoms with van der Waals surface area (Å²) in [7, 11) is 0. The summed E-state index contributed by atoms with van der Waals surface area (Å²) in [6.45, 7) is 2.49. The number of halogens is 1. The molecule has 3 rings (SSSR count). The van der Waals surface area contributed by atoms with Gasteiger partial charge in [-0.3, -0.25) is 4.79 Å². The minimum atomic E-state index is -0.302. The topological polar surface area (TPSA) is 76.1 Å². The van der Waals surface area contributed by atoms with E-state index < -0.39 is 0 Å². The Balaban J connectivity index is 1.68. The molecular formula is C19H17ClN4O2. The van der Waals surface area contributed by atoms with Crippen molar-refractivity contribution in [1.82, 2.24) is 10.2 Å². The molecule has 0 aliphatic rings. The lowest BCUT2D eigenvalue weighted by molar-refractivity contribution is 0.102. The molecule has 2 aromatic carbocycles. The Hall–Kier alpha value is -3.12. The van der Waals surface area contributed by atoms with Gasteiger partial charge in [-0.1, -0.05) is 29.8 Å². The molecule has 1 heterocycles. The van der Waals surface area contributed by atoms with Gasteiger partial charge < -0.3 is 15.4 Å². The van der Waals surface area contributed by atoms with E-state index in [2.05, 4.69) is 20.8 Å². The first-order valence-electron chi connectivity index (χ1n) is 8.05. The van der Waals surface area contributed by atoms with Crippen LogP contribution in [0.3, 0.4) is 0 Å². The van der Waals surface area contributed by atoms with E-state index in [1.54, 1.807) is 36.4 Å². The van der Waals surface area contributed by atoms with Crippen molar-refractivity contribution in [1.29, 1.82) is 0 Å². The third kappa shape index (κ3) is 4.49. The summed E-state index contributed by atoms with van der Waals surface area (Å²) in [6.07, 6.45) is 0. The van der Waals surface area contributed by atoms with Crippen LogP contribution in [0.2, 0.25) is 5.02 Å². The summed E-state index contributed by atoms with van der Waals surface area (Å²) in [6, 6.07) is 17.6. The third-order valence-electron chi connectivity index (χ3n) is 3.44. The van der Waals surface area contributed by atoms with Gasteiger partial charge in [-0.05, 0) is 49.4 Å². The predicted molar refractivity (Wildman–Crippen MR) is 102 cm³/mol. The van der Waals surface area contributed by atoms with Crippen molar-refractivity contribution in [3.05, 3.63) is 71.2 Å². The van der Waals surface area contributed by atoms with E-state index in [-0.39, 0.29) is 5.91 Å². The summed E-state index contributed by atoms with van der Waals surface area (Å²) in [4.78, 5) is 12.2. The fourth-order valence-corrected chi connectivity index (χ4v) is 2.46. The highest BCUT2D eigenvalue weighted by atomic mass is 35.5. The Morgan fingerprint density at radius 2 is 1.81 bits per heavy atom. The van der Waals surface area contributed by atoms with Gasteiger partial charge in [0, 0.05) is 10.6 Å². The highest BCUT2D eigenvalue weighted by molar-refractivity contribution is 6.31. The van der Waals surface area contributed by atoms with Crippen LogP contribution < -0.4 is 15.4 Å². The Morgan fingerprint density at radius 1 is 1.04 bits per heavy atom. The fourth-order valence-electron chi connectivity index (χ4n) is 2.27. The van der Waals surface area contributed by atoms with Crippen LogP contribution in [-0.2, 0) is 0 Å². The largest absolute Gasteiger partial charge is 0.492 e. The lowest BCUT2D eigenvalue weighted by Gasteiger charge is -2.11. The van der Waals surface area contributed by atoms with Crippen molar-refractivity contribution >= 4 is 34.8 Å². The average Bonchev–Trinajstić information content (AvgIpc) is 2.65. The van der Waals surface area contributed by atoms with Gasteiger partial charge in [-0.25, -0.2) is 0 Å². The first-order chi connectivity index (χ1) is 12.7. The zero-order valence-electron chi connectivity index (χ0n) is 14.1. The summed E-state index contributed by atoms with van der Waals surface area (Å²) in [5.41, 5.74) is 1.24. The van der Waals surface area contributed by atoms with Crippen molar-refractivity contribution in [2.45, 2.75) is 6.92 Å². The van der Waals surface area contributed by atoms with E-state index in [9.17, 15) is 4.79 Å². The zero-order valence-corrected chi connectivity index (χ0v) is 14.8. The fraction of sp³-hybridized carbons (Fsp3) is 0.105. The number of amides is 1. The second kappa shape index (κ2) is 8.31. The molecule has 0 aliphatic heterocycles. The van der Waals surface area contributed by atoms with Gasteiger partial charge >= 0.3 is 0 Å². The van der Waals surface area contributed by atoms with Crippen LogP contribution in [0.25, 0.3) is 0 Å². The molecule has 0 spiro atoms. The van der Waals surface area contributed by atoms with E-state index in [1.165, 1.54) is 0 Å². The monoisotopic (exact) mass is 368 g/mol. The first kappa shape index (κ1) is 17.7. The molecule has 0 atom stereocenters. The molecule has 3 aromatic rings. The molecule has 132 valence electrons. The predicted octanol–water partition coefficient (Wildman–Crippen LogP) is 4.52. The molecule has 0 fully saturated rings. The van der Waals surface area contributed by atoms with Gasteiger partial charge in [-0.2, -0.15) is 0 Å². The molecule has 0 radical (unpaired) electrons. The number of carbonyl (C=O) groups is 1. The molecule has 0 saturated heterocycles. The molecule has 0 saturated carbocycles. The summed E-state index contributed by atoms with van der Waals surface area (Å²) in [5.74, 6) is 1.32. The van der Waals surface area contributed by atoms with Gasteiger partial charge in [0.25, 0.3) is 5.91 Å². The summed E-state index contributed by atoms with van der Waals surface area (Å²) >= 11 is 5.90. The van der Waals surface area contributed by atoms with E-state index in [1.807, 2.05) is 31.2 Å². The number of nitrogens with one attached hydrogen (secondary N) is 2. The molecule has 6 nitrogen and oxygen atoms in total. The van der Waals surface area contributed by atoms with Crippen molar-refractivity contribution < 1.29 is 9.53 Å². The smallest absolute Gasteiger partial charge is 0.256 e. The maximum Gasteiger partial charge on any atom is 0.256 e. The molecule has 0 unspecified atom stereocenters. The highest BCUT2D eigenvalue weighted by Gasteiger charge is 2.08. The minimum absolute atomic E-state index is 0.302. The van der Waals surface area contributed by atoms with Crippen LogP contribution in [0.1, 0.15) is 17.3 Å². The lowest BCUT2D eigenvalue weighted by atomic mass is 10.2. The van der Waals surface area contributed by atoms with E-state index >= 15 is 0 Å². The van der Waals surface area contributed by atoms with Gasteiger partial charge in [-0.15, -0.1) is 10.2 Å². The summed E-state index contributed by atoms with van der Waals surface area (Å²) in [5, 5.41) is 14.4. The van der Waals surface area contributed by atoms with Crippen molar-refractivity contribution in [3.8, 4) is 5.75 Å². The van der Waals surface area contributed by atoms with Crippen molar-refractivity contribution in [2.75, 3.05) is 17.2 Å². The highest BCUT2D eigenvalue weighted by Crippen LogP contribution is 2.26. The zero-order chi connectivity index (χ0) is 18.4. The molecule has 0 aliphatic carbocycles. The van der Waals surface area contributed by atoms with Crippen LogP contribution in [0, 0.1) is 0 Å². The molecule has 1 amide bonds. The van der Waals surface area contributed by atoms with E-state index in [0.29, 0.717) is 28.8 Å². The standard InChI is InChI=1S/C19H17ClN4O2/c1-2-26-16-9-4-3-8-15(16)21-17-10-11-18(24-23-17)22-19(25)13-6-5-7-14(20)12-13/h3-12H,2H2,1H3,(H,21,23)(H,22,24,25).